The predicted octanol–water partition coefficient (Wildman–Crippen LogP) is 3.36. The van der Waals surface area contributed by atoms with E-state index in [9.17, 15) is 14.4 Å². The lowest BCUT2D eigenvalue weighted by atomic mass is 9.89. The van der Waals surface area contributed by atoms with E-state index in [1.165, 1.54) is 6.20 Å². The van der Waals surface area contributed by atoms with Crippen molar-refractivity contribution >= 4 is 35.1 Å². The predicted molar refractivity (Wildman–Crippen MR) is 129 cm³/mol. The summed E-state index contributed by atoms with van der Waals surface area (Å²) in [6.45, 7) is 5.00. The average Bonchev–Trinajstić information content (AvgIpc) is 3.46. The van der Waals surface area contributed by atoms with Crippen molar-refractivity contribution in [2.75, 3.05) is 5.32 Å². The van der Waals surface area contributed by atoms with E-state index >= 15 is 0 Å². The maximum Gasteiger partial charge on any atom is 0.265 e. The van der Waals surface area contributed by atoms with E-state index in [-0.39, 0.29) is 29.1 Å². The van der Waals surface area contributed by atoms with Crippen molar-refractivity contribution in [3.8, 4) is 11.1 Å². The molecule has 3 unspecified atom stereocenters. The van der Waals surface area contributed by atoms with E-state index in [0.29, 0.717) is 40.5 Å². The maximum absolute atomic E-state index is 13.0. The lowest BCUT2D eigenvalue weighted by Crippen LogP contribution is -2.24. The summed E-state index contributed by atoms with van der Waals surface area (Å²) in [5.41, 5.74) is 14.1. The van der Waals surface area contributed by atoms with Crippen LogP contribution in [0.5, 0.6) is 0 Å². The largest absolute Gasteiger partial charge is 0.369 e. The molecule has 9 heteroatoms. The SMILES string of the molecule is CC1(C)Cc2c(-c3cc(NC(=O)C4CC5CC(C(N)=O)C[C@H]5C4)ncc3Cl)cc(C(N)=O)n2C1. The van der Waals surface area contributed by atoms with Gasteiger partial charge in [-0.3, -0.25) is 14.4 Å². The molecule has 2 aromatic rings. The van der Waals surface area contributed by atoms with Gasteiger partial charge in [0.25, 0.3) is 5.91 Å². The minimum atomic E-state index is -0.478. The number of rotatable bonds is 5. The van der Waals surface area contributed by atoms with Crippen LogP contribution in [0.15, 0.2) is 18.3 Å². The zero-order chi connectivity index (χ0) is 24.4. The monoisotopic (exact) mass is 483 g/mol. The Balaban J connectivity index is 1.36. The molecule has 5 rings (SSSR count). The molecule has 0 aromatic carbocycles. The molecule has 0 spiro atoms. The van der Waals surface area contributed by atoms with Crippen molar-refractivity contribution in [1.29, 1.82) is 0 Å². The van der Waals surface area contributed by atoms with E-state index in [0.717, 1.165) is 43.4 Å². The fourth-order valence-electron chi connectivity index (χ4n) is 6.34. The second kappa shape index (κ2) is 8.12. The summed E-state index contributed by atoms with van der Waals surface area (Å²) in [6.07, 6.45) is 5.42. The minimum absolute atomic E-state index is 0.000155. The highest BCUT2D eigenvalue weighted by Crippen LogP contribution is 2.49. The molecule has 1 aliphatic heterocycles. The van der Waals surface area contributed by atoms with Gasteiger partial charge in [-0.05, 0) is 61.5 Å². The Morgan fingerprint density at radius 3 is 2.32 bits per heavy atom. The van der Waals surface area contributed by atoms with Gasteiger partial charge in [-0.25, -0.2) is 4.98 Å². The molecule has 2 fully saturated rings. The molecule has 0 bridgehead atoms. The smallest absolute Gasteiger partial charge is 0.265 e. The third-order valence-electron chi connectivity index (χ3n) is 7.88. The minimum Gasteiger partial charge on any atom is -0.369 e. The molecule has 180 valence electrons. The first kappa shape index (κ1) is 22.9. The number of carbonyl (C=O) groups is 3. The first-order valence-electron chi connectivity index (χ1n) is 11.8. The maximum atomic E-state index is 13.0. The summed E-state index contributed by atoms with van der Waals surface area (Å²) >= 11 is 6.52. The second-order valence-electron chi connectivity index (χ2n) is 11.0. The van der Waals surface area contributed by atoms with Gasteiger partial charge < -0.3 is 21.4 Å². The summed E-state index contributed by atoms with van der Waals surface area (Å²) in [5.74, 6) is 0.247. The number of aromatic nitrogens is 2. The van der Waals surface area contributed by atoms with E-state index in [1.54, 1.807) is 12.1 Å². The number of nitrogens with two attached hydrogens (primary N) is 2. The Kier molecular flexibility index (Phi) is 5.47. The lowest BCUT2D eigenvalue weighted by molar-refractivity contribution is -0.121. The molecule has 0 radical (unpaired) electrons. The van der Waals surface area contributed by atoms with Crippen LogP contribution in [0.1, 0.15) is 55.7 Å². The van der Waals surface area contributed by atoms with Gasteiger partial charge in [-0.2, -0.15) is 0 Å². The zero-order valence-corrected chi connectivity index (χ0v) is 20.2. The molecule has 2 aliphatic carbocycles. The summed E-state index contributed by atoms with van der Waals surface area (Å²) < 4.78 is 1.98. The van der Waals surface area contributed by atoms with Crippen LogP contribution in [0.4, 0.5) is 5.82 Å². The van der Waals surface area contributed by atoms with Crippen LogP contribution in [0.25, 0.3) is 11.1 Å². The van der Waals surface area contributed by atoms with Gasteiger partial charge >= 0.3 is 0 Å². The third kappa shape index (κ3) is 3.98. The molecule has 4 atom stereocenters. The molecule has 0 saturated heterocycles. The van der Waals surface area contributed by atoms with Crippen molar-refractivity contribution < 1.29 is 14.4 Å². The number of nitrogens with one attached hydrogen (secondary N) is 1. The van der Waals surface area contributed by atoms with Crippen LogP contribution in [0.3, 0.4) is 0 Å². The van der Waals surface area contributed by atoms with E-state index in [2.05, 4.69) is 24.1 Å². The number of nitrogens with zero attached hydrogens (tertiary/aromatic N) is 2. The van der Waals surface area contributed by atoms with Crippen molar-refractivity contribution in [1.82, 2.24) is 9.55 Å². The fraction of sp³-hybridized carbons (Fsp3) is 0.520. The van der Waals surface area contributed by atoms with E-state index < -0.39 is 5.91 Å². The highest BCUT2D eigenvalue weighted by molar-refractivity contribution is 6.33. The average molecular weight is 484 g/mol. The summed E-state index contributed by atoms with van der Waals surface area (Å²) in [6, 6.07) is 3.55. The Morgan fingerprint density at radius 2 is 1.71 bits per heavy atom. The second-order valence-corrected chi connectivity index (χ2v) is 11.4. The number of hydrogen-bond acceptors (Lipinski definition) is 4. The first-order valence-corrected chi connectivity index (χ1v) is 12.2. The van der Waals surface area contributed by atoms with Gasteiger partial charge in [0.2, 0.25) is 11.8 Å². The topological polar surface area (TPSA) is 133 Å². The standard InChI is InChI=1S/C25H30ClN5O3/c1-25(2)9-20-17(7-19(23(28)33)31(20)11-25)16-8-21(29-10-18(16)26)30-24(34)15-5-12-3-14(22(27)32)4-13(12)6-15/h7-8,10,12-15H,3-6,9,11H2,1-2H3,(H2,27,32)(H2,28,33)(H,29,30,34)/t12-,13?,14?,15?/m0/s1. The normalized spacial score (nSPS) is 26.8. The number of anilines is 1. The van der Waals surface area contributed by atoms with Crippen LogP contribution in [0.2, 0.25) is 5.02 Å². The lowest BCUT2D eigenvalue weighted by Gasteiger charge is -2.16. The first-order chi connectivity index (χ1) is 16.0. The van der Waals surface area contributed by atoms with Gasteiger partial charge in [0, 0.05) is 41.4 Å². The molecule has 2 saturated carbocycles. The number of fused-ring (bicyclic) bond motifs is 2. The van der Waals surface area contributed by atoms with Crippen LogP contribution in [-0.2, 0) is 22.6 Å². The number of carbonyl (C=O) groups excluding carboxylic acids is 3. The molecule has 3 aliphatic rings. The Morgan fingerprint density at radius 1 is 1.06 bits per heavy atom. The van der Waals surface area contributed by atoms with Crippen LogP contribution in [0, 0.1) is 29.1 Å². The van der Waals surface area contributed by atoms with Crippen molar-refractivity contribution in [2.24, 2.45) is 40.6 Å². The van der Waals surface area contributed by atoms with Crippen molar-refractivity contribution in [3.05, 3.63) is 34.7 Å². The van der Waals surface area contributed by atoms with Crippen molar-refractivity contribution in [2.45, 2.75) is 52.5 Å². The highest BCUT2D eigenvalue weighted by Gasteiger charge is 2.45. The Labute approximate surface area is 203 Å². The molecular formula is C25H30ClN5O3. The molecule has 3 heterocycles. The molecule has 3 amide bonds. The molecule has 8 nitrogen and oxygen atoms in total. The number of primary amides is 2. The van der Waals surface area contributed by atoms with Gasteiger partial charge in [-0.15, -0.1) is 0 Å². The summed E-state index contributed by atoms with van der Waals surface area (Å²) in [5, 5.41) is 3.40. The quantitative estimate of drug-likeness (QED) is 0.601. The number of hydrogen-bond donors (Lipinski definition) is 3. The molecule has 34 heavy (non-hydrogen) atoms. The van der Waals surface area contributed by atoms with Crippen LogP contribution >= 0.6 is 11.6 Å². The molecule has 5 N–H and O–H groups in total. The third-order valence-corrected chi connectivity index (χ3v) is 8.18. The summed E-state index contributed by atoms with van der Waals surface area (Å²) in [4.78, 5) is 40.9. The van der Waals surface area contributed by atoms with Gasteiger partial charge in [-0.1, -0.05) is 25.4 Å². The summed E-state index contributed by atoms with van der Waals surface area (Å²) in [7, 11) is 0. The number of amides is 3. The number of pyridine rings is 1. The van der Waals surface area contributed by atoms with Gasteiger partial charge in [0.15, 0.2) is 0 Å². The van der Waals surface area contributed by atoms with E-state index in [4.69, 9.17) is 23.1 Å². The fourth-order valence-corrected chi connectivity index (χ4v) is 6.54. The van der Waals surface area contributed by atoms with Gasteiger partial charge in [0.05, 0.1) is 5.02 Å². The van der Waals surface area contributed by atoms with Crippen LogP contribution < -0.4 is 16.8 Å². The Hall–Kier alpha value is -2.87. The highest BCUT2D eigenvalue weighted by atomic mass is 35.5. The van der Waals surface area contributed by atoms with Crippen molar-refractivity contribution in [3.63, 3.8) is 0 Å². The number of halogens is 1. The van der Waals surface area contributed by atoms with E-state index in [1.807, 2.05) is 4.57 Å². The van der Waals surface area contributed by atoms with Crippen LogP contribution in [-0.4, -0.2) is 27.3 Å². The zero-order valence-electron chi connectivity index (χ0n) is 19.4. The Bertz CT molecular complexity index is 1190. The molecule has 2 aromatic heterocycles. The van der Waals surface area contributed by atoms with Gasteiger partial charge in [0.1, 0.15) is 11.5 Å². The molecular weight excluding hydrogens is 454 g/mol.